The van der Waals surface area contributed by atoms with Crippen molar-refractivity contribution in [2.75, 3.05) is 0 Å². The maximum absolute atomic E-state index is 11.3. The number of sulfonamides is 1. The van der Waals surface area contributed by atoms with Gasteiger partial charge in [-0.25, -0.2) is 13.1 Å². The van der Waals surface area contributed by atoms with Crippen LogP contribution in [0, 0.1) is 0 Å². The van der Waals surface area contributed by atoms with Crippen molar-refractivity contribution >= 4 is 21.9 Å². The smallest absolute Gasteiger partial charge is 0.323 e. The van der Waals surface area contributed by atoms with E-state index >= 15 is 0 Å². The van der Waals surface area contributed by atoms with E-state index in [0.29, 0.717) is 0 Å². The number of carboxylic acids is 1. The van der Waals surface area contributed by atoms with E-state index in [-0.39, 0.29) is 6.42 Å². The minimum Gasteiger partial charge on any atom is -0.480 e. The third-order valence-electron chi connectivity index (χ3n) is 1.69. The number of nitrogens with one attached hydrogen (secondary N) is 1. The lowest BCUT2D eigenvalue weighted by atomic mass is 10.2. The zero-order valence-corrected chi connectivity index (χ0v) is 9.24. The minimum atomic E-state index is -3.96. The largest absolute Gasteiger partial charge is 0.480 e. The molecule has 15 heavy (non-hydrogen) atoms. The highest BCUT2D eigenvalue weighted by molar-refractivity contribution is 7.90. The molecule has 0 aliphatic rings. The second kappa shape index (κ2) is 5.08. The quantitative estimate of drug-likeness (QED) is 0.527. The third-order valence-corrected chi connectivity index (χ3v) is 3.55. The molecule has 0 aliphatic carbocycles. The Morgan fingerprint density at radius 2 is 1.87 bits per heavy atom. The topological polar surface area (TPSA) is 127 Å². The molecule has 4 N–H and O–H groups in total. The second-order valence-electron chi connectivity index (χ2n) is 3.21. The monoisotopic (exact) mass is 238 g/mol. The van der Waals surface area contributed by atoms with Crippen LogP contribution in [-0.2, 0) is 19.6 Å². The van der Waals surface area contributed by atoms with Crippen LogP contribution in [0.1, 0.15) is 20.3 Å². The lowest BCUT2D eigenvalue weighted by Crippen LogP contribution is -2.43. The summed E-state index contributed by atoms with van der Waals surface area (Å²) in [5.41, 5.74) is 4.86. The molecule has 1 amide bonds. The predicted molar refractivity (Wildman–Crippen MR) is 52.4 cm³/mol. The summed E-state index contributed by atoms with van der Waals surface area (Å²) in [5.74, 6) is -2.11. The highest BCUT2D eigenvalue weighted by Crippen LogP contribution is 2.01. The van der Waals surface area contributed by atoms with Crippen molar-refractivity contribution in [1.82, 2.24) is 4.72 Å². The lowest BCUT2D eigenvalue weighted by molar-refractivity contribution is -0.136. The Bertz CT molecular complexity index is 350. The van der Waals surface area contributed by atoms with Crippen molar-refractivity contribution in [1.29, 1.82) is 0 Å². The zero-order valence-electron chi connectivity index (χ0n) is 8.43. The molecule has 0 saturated carbocycles. The highest BCUT2D eigenvalue weighted by atomic mass is 32.2. The molecule has 0 heterocycles. The van der Waals surface area contributed by atoms with Crippen molar-refractivity contribution in [2.45, 2.75) is 31.6 Å². The molecule has 88 valence electrons. The van der Waals surface area contributed by atoms with Crippen LogP contribution in [-0.4, -0.2) is 36.7 Å². The Hall–Kier alpha value is -1.15. The number of carbonyl (C=O) groups excluding carboxylic acids is 1. The minimum absolute atomic E-state index is 0.175. The van der Waals surface area contributed by atoms with Crippen molar-refractivity contribution in [3.05, 3.63) is 0 Å². The van der Waals surface area contributed by atoms with Gasteiger partial charge in [-0.2, -0.15) is 0 Å². The van der Waals surface area contributed by atoms with Gasteiger partial charge in [-0.05, 0) is 13.8 Å². The van der Waals surface area contributed by atoms with Crippen LogP contribution in [0.3, 0.4) is 0 Å². The van der Waals surface area contributed by atoms with E-state index in [2.05, 4.69) is 4.72 Å². The Morgan fingerprint density at radius 3 is 2.20 bits per heavy atom. The molecule has 0 bridgehead atoms. The van der Waals surface area contributed by atoms with E-state index in [0.717, 1.165) is 6.92 Å². The molecule has 0 aliphatic heterocycles. The molecular formula is C7H14N2O5S. The van der Waals surface area contributed by atoms with Crippen molar-refractivity contribution < 1.29 is 23.1 Å². The van der Waals surface area contributed by atoms with Gasteiger partial charge < -0.3 is 10.8 Å². The summed E-state index contributed by atoms with van der Waals surface area (Å²) in [6.45, 7) is 2.47. The van der Waals surface area contributed by atoms with Crippen LogP contribution in [0.5, 0.6) is 0 Å². The third kappa shape index (κ3) is 4.75. The van der Waals surface area contributed by atoms with Crippen LogP contribution in [0.15, 0.2) is 0 Å². The van der Waals surface area contributed by atoms with Crippen LogP contribution in [0.4, 0.5) is 0 Å². The molecule has 0 spiro atoms. The molecule has 0 aromatic carbocycles. The molecule has 2 atom stereocenters. The normalized spacial score (nSPS) is 15.6. The first-order valence-electron chi connectivity index (χ1n) is 4.19. The summed E-state index contributed by atoms with van der Waals surface area (Å²) in [5, 5.41) is 6.94. The number of nitrogens with two attached hydrogens (primary N) is 1. The van der Waals surface area contributed by atoms with Gasteiger partial charge in [0.25, 0.3) is 0 Å². The standard InChI is InChI=1S/C7H14N2O5S/c1-4(3-6(8)10)9-15(13,14)5(2)7(11)12/h4-5,9H,3H2,1-2H3,(H2,8,10)(H,11,12). The van der Waals surface area contributed by atoms with Crippen molar-refractivity contribution in [2.24, 2.45) is 5.73 Å². The molecule has 0 aromatic heterocycles. The predicted octanol–water partition coefficient (Wildman–Crippen LogP) is -1.36. The fourth-order valence-corrected chi connectivity index (χ4v) is 1.97. The Balaban J connectivity index is 4.51. The molecule has 0 fully saturated rings. The molecule has 8 heteroatoms. The van der Waals surface area contributed by atoms with E-state index in [1.807, 2.05) is 0 Å². The number of hydrogen-bond donors (Lipinski definition) is 3. The van der Waals surface area contributed by atoms with Gasteiger partial charge in [-0.1, -0.05) is 0 Å². The number of primary amides is 1. The van der Waals surface area contributed by atoms with E-state index in [1.54, 1.807) is 0 Å². The molecule has 0 aromatic rings. The summed E-state index contributed by atoms with van der Waals surface area (Å²) >= 11 is 0. The van der Waals surface area contributed by atoms with E-state index in [1.165, 1.54) is 6.92 Å². The van der Waals surface area contributed by atoms with Gasteiger partial charge in [-0.15, -0.1) is 0 Å². The second-order valence-corrected chi connectivity index (χ2v) is 5.25. The van der Waals surface area contributed by atoms with Gasteiger partial charge in [0.05, 0.1) is 0 Å². The average Bonchev–Trinajstić information content (AvgIpc) is 1.99. The molecule has 0 saturated heterocycles. The highest BCUT2D eigenvalue weighted by Gasteiger charge is 2.28. The van der Waals surface area contributed by atoms with E-state index in [4.69, 9.17) is 10.8 Å². The molecule has 2 unspecified atom stereocenters. The molecular weight excluding hydrogens is 224 g/mol. The zero-order chi connectivity index (χ0) is 12.2. The molecule has 7 nitrogen and oxygen atoms in total. The van der Waals surface area contributed by atoms with Crippen LogP contribution in [0.25, 0.3) is 0 Å². The number of aliphatic carboxylic acids is 1. The summed E-state index contributed by atoms with van der Waals surface area (Å²) in [4.78, 5) is 20.9. The Morgan fingerprint density at radius 1 is 1.40 bits per heavy atom. The van der Waals surface area contributed by atoms with Crippen LogP contribution >= 0.6 is 0 Å². The maximum Gasteiger partial charge on any atom is 0.323 e. The fraction of sp³-hybridized carbons (Fsp3) is 0.714. The van der Waals surface area contributed by atoms with Crippen molar-refractivity contribution in [3.8, 4) is 0 Å². The number of rotatable bonds is 6. The summed E-state index contributed by atoms with van der Waals surface area (Å²) < 4.78 is 24.7. The van der Waals surface area contributed by atoms with Gasteiger partial charge >= 0.3 is 5.97 Å². The van der Waals surface area contributed by atoms with Gasteiger partial charge in [0, 0.05) is 12.5 Å². The maximum atomic E-state index is 11.3. The average molecular weight is 238 g/mol. The number of carboxylic acid groups (broad SMARTS) is 1. The number of amides is 1. The van der Waals surface area contributed by atoms with Gasteiger partial charge in [0.15, 0.2) is 5.25 Å². The Labute approximate surface area is 87.7 Å². The molecule has 0 radical (unpaired) electrons. The number of carbonyl (C=O) groups is 2. The van der Waals surface area contributed by atoms with Crippen molar-refractivity contribution in [3.63, 3.8) is 0 Å². The van der Waals surface area contributed by atoms with Gasteiger partial charge in [0.2, 0.25) is 15.9 Å². The van der Waals surface area contributed by atoms with E-state index < -0.39 is 33.2 Å². The van der Waals surface area contributed by atoms with Crippen LogP contribution in [0.2, 0.25) is 0 Å². The van der Waals surface area contributed by atoms with E-state index in [9.17, 15) is 18.0 Å². The van der Waals surface area contributed by atoms with Gasteiger partial charge in [-0.3, -0.25) is 9.59 Å². The van der Waals surface area contributed by atoms with Gasteiger partial charge in [0.1, 0.15) is 0 Å². The summed E-state index contributed by atoms with van der Waals surface area (Å²) in [6, 6.07) is -0.714. The summed E-state index contributed by atoms with van der Waals surface area (Å²) in [6.07, 6.45) is -0.175. The number of hydrogen-bond acceptors (Lipinski definition) is 4. The van der Waals surface area contributed by atoms with Crippen LogP contribution < -0.4 is 10.5 Å². The first-order chi connectivity index (χ1) is 6.66. The summed E-state index contributed by atoms with van der Waals surface area (Å²) in [7, 11) is -3.96. The first kappa shape index (κ1) is 13.8. The SMILES string of the molecule is CC(CC(N)=O)NS(=O)(=O)C(C)C(=O)O. The fourth-order valence-electron chi connectivity index (χ4n) is 0.859. The molecule has 0 rings (SSSR count). The lowest BCUT2D eigenvalue weighted by Gasteiger charge is -2.14. The first-order valence-corrected chi connectivity index (χ1v) is 5.73. The Kier molecular flexibility index (Phi) is 4.69.